The lowest BCUT2D eigenvalue weighted by Gasteiger charge is -2.28. The van der Waals surface area contributed by atoms with Crippen molar-refractivity contribution in [2.45, 2.75) is 37.3 Å². The summed E-state index contributed by atoms with van der Waals surface area (Å²) in [4.78, 5) is 8.04. The second-order valence-electron chi connectivity index (χ2n) is 4.18. The van der Waals surface area contributed by atoms with Gasteiger partial charge >= 0.3 is 0 Å². The van der Waals surface area contributed by atoms with Gasteiger partial charge in [0.15, 0.2) is 0 Å². The minimum absolute atomic E-state index is 0.550. The summed E-state index contributed by atoms with van der Waals surface area (Å²) in [6, 6.07) is 0. The Bertz CT molecular complexity index is 340. The summed E-state index contributed by atoms with van der Waals surface area (Å²) in [6.07, 6.45) is 3.20. The molecule has 1 aliphatic heterocycles. The van der Waals surface area contributed by atoms with Gasteiger partial charge in [-0.15, -0.1) is 11.8 Å². The molecule has 0 saturated carbocycles. The molecule has 1 aromatic rings. The van der Waals surface area contributed by atoms with Gasteiger partial charge < -0.3 is 10.3 Å². The average Bonchev–Trinajstić information content (AvgIpc) is 2.85. The number of aromatic nitrogens is 2. The molecule has 2 rings (SSSR count). The molecule has 0 spiro atoms. The molecule has 2 unspecified atom stereocenters. The Morgan fingerprint density at radius 2 is 2.24 bits per heavy atom. The van der Waals surface area contributed by atoms with Gasteiger partial charge in [-0.05, 0) is 13.0 Å². The van der Waals surface area contributed by atoms with Crippen molar-refractivity contribution in [2.75, 3.05) is 18.1 Å². The highest BCUT2D eigenvalue weighted by molar-refractivity contribution is 8.06. The molecule has 1 fully saturated rings. The van der Waals surface area contributed by atoms with Crippen LogP contribution in [0.5, 0.6) is 0 Å². The zero-order valence-electron chi connectivity index (χ0n) is 10.5. The van der Waals surface area contributed by atoms with Crippen LogP contribution in [0, 0.1) is 0 Å². The molecule has 1 aromatic heterocycles. The van der Waals surface area contributed by atoms with E-state index in [0.717, 1.165) is 13.1 Å². The second-order valence-corrected chi connectivity index (χ2v) is 6.78. The van der Waals surface area contributed by atoms with E-state index in [9.17, 15) is 0 Å². The van der Waals surface area contributed by atoms with E-state index in [2.05, 4.69) is 52.7 Å². The van der Waals surface area contributed by atoms with Crippen LogP contribution in [0.2, 0.25) is 0 Å². The van der Waals surface area contributed by atoms with E-state index in [-0.39, 0.29) is 0 Å². The van der Waals surface area contributed by atoms with Crippen LogP contribution in [0.4, 0.5) is 0 Å². The van der Waals surface area contributed by atoms with Crippen molar-refractivity contribution in [3.63, 3.8) is 0 Å². The van der Waals surface area contributed by atoms with E-state index in [1.165, 1.54) is 29.4 Å². The standard InChI is InChI=1S/C12H21N3S2/c1-3-10-11(17-6-5-16-10)12-14-8-9(15-12)7-13-4-2/h8,10-11,13H,3-7H2,1-2H3,(H,14,15). The summed E-state index contributed by atoms with van der Waals surface area (Å²) >= 11 is 4.15. The predicted molar refractivity (Wildman–Crippen MR) is 77.7 cm³/mol. The van der Waals surface area contributed by atoms with Crippen molar-refractivity contribution >= 4 is 23.5 Å². The summed E-state index contributed by atoms with van der Waals surface area (Å²) in [5, 5.41) is 4.59. The van der Waals surface area contributed by atoms with E-state index < -0.39 is 0 Å². The zero-order valence-corrected chi connectivity index (χ0v) is 12.2. The van der Waals surface area contributed by atoms with Crippen LogP contribution < -0.4 is 5.32 Å². The van der Waals surface area contributed by atoms with Crippen molar-refractivity contribution < 1.29 is 0 Å². The van der Waals surface area contributed by atoms with Gasteiger partial charge in [-0.1, -0.05) is 13.8 Å². The fourth-order valence-electron chi connectivity index (χ4n) is 2.03. The molecule has 0 amide bonds. The first-order chi connectivity index (χ1) is 8.35. The van der Waals surface area contributed by atoms with Gasteiger partial charge in [-0.3, -0.25) is 0 Å². The molecule has 0 aliphatic carbocycles. The van der Waals surface area contributed by atoms with Crippen molar-refractivity contribution in [1.29, 1.82) is 0 Å². The van der Waals surface area contributed by atoms with Crippen LogP contribution >= 0.6 is 23.5 Å². The van der Waals surface area contributed by atoms with Crippen LogP contribution in [0.25, 0.3) is 0 Å². The van der Waals surface area contributed by atoms with Crippen LogP contribution in [0.15, 0.2) is 6.20 Å². The summed E-state index contributed by atoms with van der Waals surface area (Å²) in [5.74, 6) is 3.70. The Balaban J connectivity index is 2.02. The quantitative estimate of drug-likeness (QED) is 0.864. The van der Waals surface area contributed by atoms with E-state index in [1.54, 1.807) is 0 Å². The number of hydrogen-bond donors (Lipinski definition) is 2. The average molecular weight is 271 g/mol. The topological polar surface area (TPSA) is 40.7 Å². The maximum absolute atomic E-state index is 4.56. The number of nitrogens with zero attached hydrogens (tertiary/aromatic N) is 1. The molecule has 96 valence electrons. The first kappa shape index (κ1) is 13.3. The van der Waals surface area contributed by atoms with Crippen molar-refractivity contribution in [1.82, 2.24) is 15.3 Å². The largest absolute Gasteiger partial charge is 0.344 e. The molecule has 1 aliphatic rings. The maximum atomic E-state index is 4.56. The van der Waals surface area contributed by atoms with Crippen LogP contribution in [-0.2, 0) is 6.54 Å². The SMILES string of the molecule is CCNCc1cnc(C2SCCSC2CC)[nH]1. The normalized spacial score (nSPS) is 25.1. The van der Waals surface area contributed by atoms with Crippen LogP contribution in [-0.4, -0.2) is 33.3 Å². The molecule has 1 saturated heterocycles. The zero-order chi connectivity index (χ0) is 12.1. The number of nitrogens with one attached hydrogen (secondary N) is 2. The highest BCUT2D eigenvalue weighted by Gasteiger charge is 2.28. The Kier molecular flexibility index (Phi) is 5.25. The van der Waals surface area contributed by atoms with Gasteiger partial charge in [0, 0.05) is 35.2 Å². The van der Waals surface area contributed by atoms with Crippen molar-refractivity contribution in [2.24, 2.45) is 0 Å². The summed E-state index contributed by atoms with van der Waals surface area (Å²) in [7, 11) is 0. The summed E-state index contributed by atoms with van der Waals surface area (Å²) in [6.45, 7) is 6.29. The number of imidazole rings is 1. The highest BCUT2D eigenvalue weighted by atomic mass is 32.2. The van der Waals surface area contributed by atoms with E-state index in [0.29, 0.717) is 10.5 Å². The summed E-state index contributed by atoms with van der Waals surface area (Å²) in [5.41, 5.74) is 1.20. The molecule has 2 N–H and O–H groups in total. The Morgan fingerprint density at radius 3 is 3.00 bits per heavy atom. The fourth-order valence-corrected chi connectivity index (χ4v) is 5.05. The van der Waals surface area contributed by atoms with Gasteiger partial charge in [-0.2, -0.15) is 11.8 Å². The molecule has 17 heavy (non-hydrogen) atoms. The third-order valence-corrected chi connectivity index (χ3v) is 6.19. The molecular formula is C12H21N3S2. The fraction of sp³-hybridized carbons (Fsp3) is 0.750. The highest BCUT2D eigenvalue weighted by Crippen LogP contribution is 2.42. The molecule has 0 aromatic carbocycles. The monoisotopic (exact) mass is 271 g/mol. The molecular weight excluding hydrogens is 250 g/mol. The Labute approximate surface area is 112 Å². The molecule has 0 radical (unpaired) electrons. The van der Waals surface area contributed by atoms with Gasteiger partial charge in [0.05, 0.1) is 5.25 Å². The summed E-state index contributed by atoms with van der Waals surface area (Å²) < 4.78 is 0. The smallest absolute Gasteiger partial charge is 0.120 e. The van der Waals surface area contributed by atoms with Gasteiger partial charge in [0.25, 0.3) is 0 Å². The first-order valence-corrected chi connectivity index (χ1v) is 8.42. The van der Waals surface area contributed by atoms with Crippen LogP contribution in [0.1, 0.15) is 37.0 Å². The van der Waals surface area contributed by atoms with E-state index >= 15 is 0 Å². The number of H-pyrrole nitrogens is 1. The molecule has 2 atom stereocenters. The van der Waals surface area contributed by atoms with Gasteiger partial charge in [0.2, 0.25) is 0 Å². The Hall–Kier alpha value is -0.130. The molecule has 3 nitrogen and oxygen atoms in total. The lowest BCUT2D eigenvalue weighted by atomic mass is 10.2. The third-order valence-electron chi connectivity index (χ3n) is 2.94. The van der Waals surface area contributed by atoms with Gasteiger partial charge in [0.1, 0.15) is 5.82 Å². The van der Waals surface area contributed by atoms with Crippen molar-refractivity contribution in [3.05, 3.63) is 17.7 Å². The number of thioether (sulfide) groups is 2. The molecule has 0 bridgehead atoms. The predicted octanol–water partition coefficient (Wildman–Crippen LogP) is 2.82. The second kappa shape index (κ2) is 6.71. The number of aromatic amines is 1. The van der Waals surface area contributed by atoms with Gasteiger partial charge in [-0.25, -0.2) is 4.98 Å². The lowest BCUT2D eigenvalue weighted by molar-refractivity contribution is 0.707. The van der Waals surface area contributed by atoms with E-state index in [1.807, 2.05) is 6.20 Å². The van der Waals surface area contributed by atoms with Crippen molar-refractivity contribution in [3.8, 4) is 0 Å². The van der Waals surface area contributed by atoms with Crippen LogP contribution in [0.3, 0.4) is 0 Å². The third kappa shape index (κ3) is 3.42. The van der Waals surface area contributed by atoms with E-state index in [4.69, 9.17) is 0 Å². The first-order valence-electron chi connectivity index (χ1n) is 6.32. The maximum Gasteiger partial charge on any atom is 0.120 e. The minimum atomic E-state index is 0.550. The molecule has 2 heterocycles. The minimum Gasteiger partial charge on any atom is -0.344 e. The number of rotatable bonds is 5. The number of hydrogen-bond acceptors (Lipinski definition) is 4. The Morgan fingerprint density at radius 1 is 1.41 bits per heavy atom. The molecule has 5 heteroatoms. The lowest BCUT2D eigenvalue weighted by Crippen LogP contribution is -2.19.